The fourth-order valence-corrected chi connectivity index (χ4v) is 2.83. The smallest absolute Gasteiger partial charge is 0.125 e. The molecule has 1 aliphatic rings. The van der Waals surface area contributed by atoms with Crippen LogP contribution in [0, 0.1) is 11.7 Å². The molecule has 1 aromatic rings. The van der Waals surface area contributed by atoms with Crippen molar-refractivity contribution < 1.29 is 4.39 Å². The van der Waals surface area contributed by atoms with Crippen LogP contribution >= 0.6 is 0 Å². The molecule has 0 spiro atoms. The second kappa shape index (κ2) is 5.70. The first kappa shape index (κ1) is 13.3. The van der Waals surface area contributed by atoms with Crippen molar-refractivity contribution in [1.82, 2.24) is 5.32 Å². The highest BCUT2D eigenvalue weighted by Crippen LogP contribution is 2.29. The van der Waals surface area contributed by atoms with Crippen molar-refractivity contribution in [2.45, 2.75) is 39.8 Å². The summed E-state index contributed by atoms with van der Waals surface area (Å²) in [6.07, 6.45) is 1.19. The Labute approximate surface area is 109 Å². The molecule has 2 unspecified atom stereocenters. The van der Waals surface area contributed by atoms with E-state index < -0.39 is 0 Å². The minimum Gasteiger partial charge on any atom is -0.368 e. The first-order chi connectivity index (χ1) is 8.60. The van der Waals surface area contributed by atoms with Gasteiger partial charge in [-0.15, -0.1) is 0 Å². The maximum Gasteiger partial charge on any atom is 0.125 e. The molecule has 0 bridgehead atoms. The minimum absolute atomic E-state index is 0.132. The van der Waals surface area contributed by atoms with Crippen molar-refractivity contribution in [1.29, 1.82) is 0 Å². The van der Waals surface area contributed by atoms with Crippen LogP contribution in [0.2, 0.25) is 0 Å². The van der Waals surface area contributed by atoms with Gasteiger partial charge in [0.2, 0.25) is 0 Å². The van der Waals surface area contributed by atoms with Crippen LogP contribution in [0.4, 0.5) is 10.1 Å². The molecule has 3 heteroatoms. The topological polar surface area (TPSA) is 15.3 Å². The molecule has 1 saturated heterocycles. The fourth-order valence-electron chi connectivity index (χ4n) is 2.83. The normalized spacial score (nSPS) is 23.7. The Kier molecular flexibility index (Phi) is 4.23. The number of anilines is 1. The van der Waals surface area contributed by atoms with Gasteiger partial charge in [-0.2, -0.15) is 0 Å². The molecule has 0 aliphatic carbocycles. The maximum absolute atomic E-state index is 13.7. The van der Waals surface area contributed by atoms with E-state index in [2.05, 4.69) is 37.1 Å². The Morgan fingerprint density at radius 3 is 2.72 bits per heavy atom. The van der Waals surface area contributed by atoms with E-state index in [0.717, 1.165) is 30.9 Å². The zero-order chi connectivity index (χ0) is 13.1. The summed E-state index contributed by atoms with van der Waals surface area (Å²) in [5.74, 6) is 0.563. The lowest BCUT2D eigenvalue weighted by molar-refractivity contribution is 0.619. The van der Waals surface area contributed by atoms with Crippen LogP contribution in [-0.4, -0.2) is 19.1 Å². The van der Waals surface area contributed by atoms with Gasteiger partial charge in [0.1, 0.15) is 5.82 Å². The van der Waals surface area contributed by atoms with Gasteiger partial charge >= 0.3 is 0 Å². The van der Waals surface area contributed by atoms with Gasteiger partial charge in [-0.05, 0) is 49.6 Å². The number of nitrogens with one attached hydrogen (secondary N) is 1. The lowest BCUT2D eigenvalue weighted by atomic mass is 10.1. The third kappa shape index (κ3) is 3.02. The molecule has 2 atom stereocenters. The third-order valence-electron chi connectivity index (χ3n) is 3.64. The van der Waals surface area contributed by atoms with E-state index in [1.54, 1.807) is 12.1 Å². The first-order valence-corrected chi connectivity index (χ1v) is 6.87. The van der Waals surface area contributed by atoms with Crippen LogP contribution < -0.4 is 10.2 Å². The number of hydrogen-bond acceptors (Lipinski definition) is 2. The number of hydrogen-bond donors (Lipinski definition) is 1. The van der Waals surface area contributed by atoms with Crippen LogP contribution in [0.25, 0.3) is 0 Å². The predicted octanol–water partition coefficient (Wildman–Crippen LogP) is 3.17. The second-order valence-electron chi connectivity index (χ2n) is 5.44. The monoisotopic (exact) mass is 250 g/mol. The van der Waals surface area contributed by atoms with Crippen LogP contribution in [-0.2, 0) is 6.54 Å². The van der Waals surface area contributed by atoms with Gasteiger partial charge in [-0.3, -0.25) is 0 Å². The lowest BCUT2D eigenvalue weighted by Crippen LogP contribution is -2.27. The van der Waals surface area contributed by atoms with Crippen LogP contribution in [0.3, 0.4) is 0 Å². The summed E-state index contributed by atoms with van der Waals surface area (Å²) in [6, 6.07) is 5.90. The van der Waals surface area contributed by atoms with Crippen molar-refractivity contribution in [2.75, 3.05) is 18.0 Å². The summed E-state index contributed by atoms with van der Waals surface area (Å²) < 4.78 is 13.7. The third-order valence-corrected chi connectivity index (χ3v) is 3.64. The first-order valence-electron chi connectivity index (χ1n) is 6.87. The zero-order valence-electron chi connectivity index (χ0n) is 11.5. The van der Waals surface area contributed by atoms with E-state index in [9.17, 15) is 4.39 Å². The van der Waals surface area contributed by atoms with E-state index in [1.165, 1.54) is 6.42 Å². The van der Waals surface area contributed by atoms with E-state index in [1.807, 2.05) is 0 Å². The highest BCUT2D eigenvalue weighted by Gasteiger charge is 2.26. The summed E-state index contributed by atoms with van der Waals surface area (Å²) in [6.45, 7) is 9.21. The summed E-state index contributed by atoms with van der Waals surface area (Å²) in [4.78, 5) is 2.32. The zero-order valence-corrected chi connectivity index (χ0v) is 11.5. The van der Waals surface area contributed by atoms with Crippen molar-refractivity contribution >= 4 is 5.69 Å². The molecule has 18 heavy (non-hydrogen) atoms. The molecule has 1 aromatic carbocycles. The number of benzene rings is 1. The summed E-state index contributed by atoms with van der Waals surface area (Å²) >= 11 is 0. The molecule has 100 valence electrons. The Morgan fingerprint density at radius 1 is 1.33 bits per heavy atom. The summed E-state index contributed by atoms with van der Waals surface area (Å²) in [5, 5.41) is 3.24. The number of halogens is 1. The minimum atomic E-state index is -0.132. The Hall–Kier alpha value is -1.09. The molecule has 0 aromatic heterocycles. The second-order valence-corrected chi connectivity index (χ2v) is 5.44. The predicted molar refractivity (Wildman–Crippen MR) is 74.4 cm³/mol. The Morgan fingerprint density at radius 2 is 2.11 bits per heavy atom. The van der Waals surface area contributed by atoms with Crippen molar-refractivity contribution in [3.05, 3.63) is 29.6 Å². The van der Waals surface area contributed by atoms with E-state index in [-0.39, 0.29) is 5.82 Å². The molecule has 2 nitrogen and oxygen atoms in total. The van der Waals surface area contributed by atoms with Crippen LogP contribution in [0.5, 0.6) is 0 Å². The van der Waals surface area contributed by atoms with Crippen molar-refractivity contribution in [3.63, 3.8) is 0 Å². The van der Waals surface area contributed by atoms with Gasteiger partial charge in [0.25, 0.3) is 0 Å². The maximum atomic E-state index is 13.7. The molecule has 1 heterocycles. The van der Waals surface area contributed by atoms with Gasteiger partial charge < -0.3 is 10.2 Å². The van der Waals surface area contributed by atoms with Gasteiger partial charge in [0.15, 0.2) is 0 Å². The van der Waals surface area contributed by atoms with E-state index in [4.69, 9.17) is 0 Å². The van der Waals surface area contributed by atoms with Gasteiger partial charge in [0, 0.05) is 24.8 Å². The van der Waals surface area contributed by atoms with Crippen molar-refractivity contribution in [2.24, 2.45) is 5.92 Å². The average molecular weight is 250 g/mol. The molecule has 0 radical (unpaired) electrons. The van der Waals surface area contributed by atoms with E-state index in [0.29, 0.717) is 12.0 Å². The van der Waals surface area contributed by atoms with Gasteiger partial charge in [-0.1, -0.05) is 13.8 Å². The SMILES string of the molecule is CCNCc1cc(F)cc(N2CC(C)CC2C)c1. The Bertz CT molecular complexity index is 405. The van der Waals surface area contributed by atoms with Gasteiger partial charge in [0.05, 0.1) is 0 Å². The largest absolute Gasteiger partial charge is 0.368 e. The molecular weight excluding hydrogens is 227 g/mol. The molecule has 0 saturated carbocycles. The van der Waals surface area contributed by atoms with Gasteiger partial charge in [-0.25, -0.2) is 4.39 Å². The van der Waals surface area contributed by atoms with Crippen LogP contribution in [0.15, 0.2) is 18.2 Å². The molecule has 1 aliphatic heterocycles. The number of nitrogens with zero attached hydrogens (tertiary/aromatic N) is 1. The standard InChI is InChI=1S/C15H23FN2/c1-4-17-9-13-6-14(16)8-15(7-13)18-10-11(2)5-12(18)3/h6-8,11-12,17H,4-5,9-10H2,1-3H3. The molecule has 0 amide bonds. The molecular formula is C15H23FN2. The number of rotatable bonds is 4. The van der Waals surface area contributed by atoms with Crippen LogP contribution in [0.1, 0.15) is 32.8 Å². The average Bonchev–Trinajstić information content (AvgIpc) is 2.65. The molecule has 2 rings (SSSR count). The highest BCUT2D eigenvalue weighted by atomic mass is 19.1. The Balaban J connectivity index is 2.19. The summed E-state index contributed by atoms with van der Waals surface area (Å²) in [7, 11) is 0. The molecule has 1 N–H and O–H groups in total. The fraction of sp³-hybridized carbons (Fsp3) is 0.600. The van der Waals surface area contributed by atoms with E-state index >= 15 is 0 Å². The highest BCUT2D eigenvalue weighted by molar-refractivity contribution is 5.51. The molecule has 1 fully saturated rings. The lowest BCUT2D eigenvalue weighted by Gasteiger charge is -2.24. The summed E-state index contributed by atoms with van der Waals surface area (Å²) in [5.41, 5.74) is 2.05. The quantitative estimate of drug-likeness (QED) is 0.883. The van der Waals surface area contributed by atoms with Crippen molar-refractivity contribution in [3.8, 4) is 0 Å².